The number of carbonyl (C=O) groups is 2. The summed E-state index contributed by atoms with van der Waals surface area (Å²) in [6, 6.07) is 0. The van der Waals surface area contributed by atoms with Gasteiger partial charge in [0.15, 0.2) is 0 Å². The maximum Gasteiger partial charge on any atom is 0.490 e. The van der Waals surface area contributed by atoms with Crippen LogP contribution < -0.4 is 21.3 Å². The number of halogens is 3. The summed E-state index contributed by atoms with van der Waals surface area (Å²) in [7, 11) is 0. The molecule has 5 N–H and O–H groups in total. The smallest absolute Gasteiger partial charge is 0.475 e. The molecule has 0 saturated carbocycles. The fourth-order valence-corrected chi connectivity index (χ4v) is 1.35. The van der Waals surface area contributed by atoms with Crippen molar-refractivity contribution in [2.24, 2.45) is 0 Å². The predicted octanol–water partition coefficient (Wildman–Crippen LogP) is -0.0504. The third-order valence-corrected chi connectivity index (χ3v) is 2.56. The molecule has 26 heavy (non-hydrogen) atoms. The van der Waals surface area contributed by atoms with Crippen LogP contribution in [0, 0.1) is 0 Å². The van der Waals surface area contributed by atoms with Gasteiger partial charge in [0.05, 0.1) is 0 Å². The fourth-order valence-electron chi connectivity index (χ4n) is 1.35. The zero-order chi connectivity index (χ0) is 20.5. The van der Waals surface area contributed by atoms with Crippen molar-refractivity contribution in [1.29, 1.82) is 0 Å². The zero-order valence-corrected chi connectivity index (χ0v) is 15.5. The van der Waals surface area contributed by atoms with Crippen LogP contribution in [0.4, 0.5) is 13.2 Å². The SMILES string of the molecule is C1CNCCN1.C1CNCCN1.CC(C)(C)OC=O.O=C(O)C(F)(F)F. The van der Waals surface area contributed by atoms with E-state index in [-0.39, 0.29) is 5.60 Å². The number of piperazine rings is 2. The Bertz CT molecular complexity index is 321. The Kier molecular flexibility index (Phi) is 16.3. The highest BCUT2D eigenvalue weighted by Gasteiger charge is 2.38. The summed E-state index contributed by atoms with van der Waals surface area (Å²) in [6.45, 7) is 15.0. The van der Waals surface area contributed by atoms with Crippen molar-refractivity contribution >= 4 is 12.4 Å². The predicted molar refractivity (Wildman–Crippen MR) is 92.1 cm³/mol. The molecule has 0 atom stereocenters. The minimum Gasteiger partial charge on any atom is -0.475 e. The normalized spacial score (nSPS) is 17.0. The maximum atomic E-state index is 10.6. The van der Waals surface area contributed by atoms with Crippen molar-refractivity contribution in [3.63, 3.8) is 0 Å². The van der Waals surface area contributed by atoms with E-state index < -0.39 is 12.1 Å². The molecule has 0 bridgehead atoms. The second kappa shape index (κ2) is 15.8. The average Bonchev–Trinajstić information content (AvgIpc) is 2.58. The monoisotopic (exact) mass is 388 g/mol. The number of aliphatic carboxylic acids is 1. The molecule has 2 aliphatic rings. The quantitative estimate of drug-likeness (QED) is 0.398. The Balaban J connectivity index is 0. The van der Waals surface area contributed by atoms with E-state index in [9.17, 15) is 18.0 Å². The first-order chi connectivity index (χ1) is 12.0. The number of hydrogen-bond acceptors (Lipinski definition) is 7. The molecule has 0 radical (unpaired) electrons. The van der Waals surface area contributed by atoms with Crippen molar-refractivity contribution in [3.05, 3.63) is 0 Å². The van der Waals surface area contributed by atoms with Crippen LogP contribution in [0.1, 0.15) is 20.8 Å². The molecule has 0 amide bonds. The fraction of sp³-hybridized carbons (Fsp3) is 0.867. The molecule has 0 aromatic heterocycles. The molecule has 2 saturated heterocycles. The molecule has 2 rings (SSSR count). The number of nitrogens with one attached hydrogen (secondary N) is 4. The highest BCUT2D eigenvalue weighted by atomic mass is 19.4. The van der Waals surface area contributed by atoms with Gasteiger partial charge >= 0.3 is 12.1 Å². The van der Waals surface area contributed by atoms with Crippen molar-refractivity contribution in [2.75, 3.05) is 52.4 Å². The van der Waals surface area contributed by atoms with Crippen LogP contribution in [0.25, 0.3) is 0 Å². The lowest BCUT2D eigenvalue weighted by molar-refractivity contribution is -0.192. The van der Waals surface area contributed by atoms with Gasteiger partial charge in [-0.2, -0.15) is 13.2 Å². The van der Waals surface area contributed by atoms with E-state index in [0.717, 1.165) is 52.4 Å². The molecule has 2 heterocycles. The van der Waals surface area contributed by atoms with E-state index in [0.29, 0.717) is 6.47 Å². The van der Waals surface area contributed by atoms with Gasteiger partial charge < -0.3 is 31.1 Å². The van der Waals surface area contributed by atoms with E-state index in [1.807, 2.05) is 20.8 Å². The number of carboxylic acid groups (broad SMARTS) is 1. The summed E-state index contributed by atoms with van der Waals surface area (Å²) in [6.07, 6.45) is -5.08. The molecule has 156 valence electrons. The van der Waals surface area contributed by atoms with Gasteiger partial charge in [0, 0.05) is 52.4 Å². The van der Waals surface area contributed by atoms with Gasteiger partial charge in [0.25, 0.3) is 6.47 Å². The minimum absolute atomic E-state index is 0.318. The number of carboxylic acids is 1. The summed E-state index contributed by atoms with van der Waals surface area (Å²) >= 11 is 0. The average molecular weight is 388 g/mol. The second-order valence-electron chi connectivity index (χ2n) is 6.13. The van der Waals surface area contributed by atoms with Gasteiger partial charge in [-0.1, -0.05) is 0 Å². The molecule has 8 nitrogen and oxygen atoms in total. The van der Waals surface area contributed by atoms with E-state index >= 15 is 0 Å². The topological polar surface area (TPSA) is 112 Å². The molecule has 2 fully saturated rings. The van der Waals surface area contributed by atoms with Crippen LogP contribution >= 0.6 is 0 Å². The number of rotatable bonds is 1. The first kappa shape index (κ1) is 26.8. The van der Waals surface area contributed by atoms with E-state index in [2.05, 4.69) is 26.0 Å². The van der Waals surface area contributed by atoms with Crippen LogP contribution in [-0.4, -0.2) is 81.7 Å². The summed E-state index contributed by atoms with van der Waals surface area (Å²) in [5.74, 6) is -2.76. The molecular weight excluding hydrogens is 357 g/mol. The third-order valence-electron chi connectivity index (χ3n) is 2.56. The summed E-state index contributed by atoms with van der Waals surface area (Å²) in [4.78, 5) is 18.5. The Morgan fingerprint density at radius 1 is 0.846 bits per heavy atom. The standard InChI is InChI=1S/C5H10O2.2C4H10N2.C2HF3O2/c1-5(2,3)7-4-6;2*1-2-6-4-3-5-1;3-2(4,5)1(6)7/h4H,1-3H3;2*5-6H,1-4H2;(H,6,7). The van der Waals surface area contributed by atoms with Gasteiger partial charge in [-0.25, -0.2) is 4.79 Å². The molecule has 2 aliphatic heterocycles. The second-order valence-corrected chi connectivity index (χ2v) is 6.13. The number of ether oxygens (including phenoxy) is 1. The van der Waals surface area contributed by atoms with Gasteiger partial charge in [-0.05, 0) is 20.8 Å². The Morgan fingerprint density at radius 2 is 1.08 bits per heavy atom. The van der Waals surface area contributed by atoms with Gasteiger partial charge in [0.2, 0.25) is 0 Å². The Morgan fingerprint density at radius 3 is 1.12 bits per heavy atom. The van der Waals surface area contributed by atoms with Crippen molar-refractivity contribution in [2.45, 2.75) is 32.5 Å². The first-order valence-corrected chi connectivity index (χ1v) is 8.25. The van der Waals surface area contributed by atoms with E-state index in [4.69, 9.17) is 9.90 Å². The first-order valence-electron chi connectivity index (χ1n) is 8.25. The van der Waals surface area contributed by atoms with Crippen molar-refractivity contribution in [3.8, 4) is 0 Å². The lowest BCUT2D eigenvalue weighted by atomic mass is 10.2. The molecular formula is C15H31F3N4O4. The van der Waals surface area contributed by atoms with Crippen molar-refractivity contribution in [1.82, 2.24) is 21.3 Å². The van der Waals surface area contributed by atoms with Gasteiger partial charge in [-0.3, -0.25) is 4.79 Å². The zero-order valence-electron chi connectivity index (χ0n) is 15.5. The van der Waals surface area contributed by atoms with Crippen LogP contribution in [0.2, 0.25) is 0 Å². The maximum absolute atomic E-state index is 10.6. The molecule has 0 aromatic rings. The van der Waals surface area contributed by atoms with E-state index in [1.54, 1.807) is 0 Å². The summed E-state index contributed by atoms with van der Waals surface area (Å²) in [5, 5.41) is 20.0. The largest absolute Gasteiger partial charge is 0.490 e. The van der Waals surface area contributed by atoms with Gasteiger partial charge in [-0.15, -0.1) is 0 Å². The Hall–Kier alpha value is -1.43. The van der Waals surface area contributed by atoms with Crippen LogP contribution in [0.15, 0.2) is 0 Å². The number of hydrogen-bond donors (Lipinski definition) is 5. The highest BCUT2D eigenvalue weighted by Crippen LogP contribution is 2.13. The molecule has 0 spiro atoms. The molecule has 11 heteroatoms. The van der Waals surface area contributed by atoms with Crippen LogP contribution in [0.5, 0.6) is 0 Å². The summed E-state index contributed by atoms with van der Waals surface area (Å²) in [5.41, 5.74) is -0.318. The molecule has 0 unspecified atom stereocenters. The molecule has 0 aliphatic carbocycles. The minimum atomic E-state index is -5.08. The lowest BCUT2D eigenvalue weighted by Crippen LogP contribution is -2.39. The summed E-state index contributed by atoms with van der Waals surface area (Å²) < 4.78 is 36.3. The lowest BCUT2D eigenvalue weighted by Gasteiger charge is -2.14. The van der Waals surface area contributed by atoms with Gasteiger partial charge in [0.1, 0.15) is 5.60 Å². The van der Waals surface area contributed by atoms with Crippen molar-refractivity contribution < 1.29 is 32.6 Å². The number of alkyl halides is 3. The number of carbonyl (C=O) groups excluding carboxylic acids is 1. The Labute approximate surface area is 152 Å². The molecule has 0 aromatic carbocycles. The highest BCUT2D eigenvalue weighted by molar-refractivity contribution is 5.73. The van der Waals surface area contributed by atoms with Crippen LogP contribution in [-0.2, 0) is 14.3 Å². The van der Waals surface area contributed by atoms with Crippen LogP contribution in [0.3, 0.4) is 0 Å². The third kappa shape index (κ3) is 24.8. The van der Waals surface area contributed by atoms with E-state index in [1.165, 1.54) is 0 Å².